The molecular weight excluding hydrogens is 206 g/mol. The smallest absolute Gasteiger partial charge is 0.319 e. The lowest BCUT2D eigenvalue weighted by Crippen LogP contribution is -2.34. The highest BCUT2D eigenvalue weighted by Crippen LogP contribution is 2.42. The standard InChI is InChI=1S/C12H17NO3/c1-3-15-11(14)12(6-4-5-7-12)10-8-13-9(2)16-10/h8H,3-7H2,1-2H3. The van der Waals surface area contributed by atoms with Crippen molar-refractivity contribution < 1.29 is 13.9 Å². The molecule has 0 N–H and O–H groups in total. The fourth-order valence-electron chi connectivity index (χ4n) is 2.38. The van der Waals surface area contributed by atoms with E-state index in [0.717, 1.165) is 25.7 Å². The van der Waals surface area contributed by atoms with Crippen LogP contribution in [0.15, 0.2) is 10.6 Å². The molecule has 0 saturated heterocycles. The molecule has 0 unspecified atom stereocenters. The molecule has 1 aromatic heterocycles. The summed E-state index contributed by atoms with van der Waals surface area (Å²) < 4.78 is 10.7. The quantitative estimate of drug-likeness (QED) is 0.738. The van der Waals surface area contributed by atoms with Gasteiger partial charge in [0, 0.05) is 6.92 Å². The average Bonchev–Trinajstić information content (AvgIpc) is 2.86. The van der Waals surface area contributed by atoms with Gasteiger partial charge in [-0.2, -0.15) is 0 Å². The Kier molecular flexibility index (Phi) is 2.99. The summed E-state index contributed by atoms with van der Waals surface area (Å²) in [5, 5.41) is 0. The van der Waals surface area contributed by atoms with Crippen LogP contribution in [0.4, 0.5) is 0 Å². The van der Waals surface area contributed by atoms with E-state index in [1.807, 2.05) is 6.92 Å². The van der Waals surface area contributed by atoms with Gasteiger partial charge in [-0.05, 0) is 19.8 Å². The predicted molar refractivity (Wildman–Crippen MR) is 58.0 cm³/mol. The second-order valence-electron chi connectivity index (χ2n) is 4.25. The molecule has 4 nitrogen and oxygen atoms in total. The minimum Gasteiger partial charge on any atom is -0.465 e. The first-order valence-electron chi connectivity index (χ1n) is 5.79. The molecule has 1 fully saturated rings. The van der Waals surface area contributed by atoms with Gasteiger partial charge in [0.05, 0.1) is 12.8 Å². The van der Waals surface area contributed by atoms with E-state index in [-0.39, 0.29) is 5.97 Å². The van der Waals surface area contributed by atoms with Crippen molar-refractivity contribution in [2.45, 2.75) is 44.9 Å². The summed E-state index contributed by atoms with van der Waals surface area (Å²) in [4.78, 5) is 16.1. The van der Waals surface area contributed by atoms with Crippen LogP contribution in [0.3, 0.4) is 0 Å². The van der Waals surface area contributed by atoms with Crippen LogP contribution in [0.2, 0.25) is 0 Å². The Bertz CT molecular complexity index is 377. The largest absolute Gasteiger partial charge is 0.465 e. The van der Waals surface area contributed by atoms with E-state index in [1.54, 1.807) is 13.1 Å². The third-order valence-electron chi connectivity index (χ3n) is 3.22. The predicted octanol–water partition coefficient (Wildman–Crippen LogP) is 2.36. The number of carbonyl (C=O) groups excluding carboxylic acids is 1. The van der Waals surface area contributed by atoms with Crippen molar-refractivity contribution in [3.63, 3.8) is 0 Å². The van der Waals surface area contributed by atoms with Crippen LogP contribution in [0.1, 0.15) is 44.3 Å². The molecule has 0 spiro atoms. The van der Waals surface area contributed by atoms with Crippen molar-refractivity contribution in [2.24, 2.45) is 0 Å². The second-order valence-corrected chi connectivity index (χ2v) is 4.25. The Hall–Kier alpha value is -1.32. The summed E-state index contributed by atoms with van der Waals surface area (Å²) >= 11 is 0. The summed E-state index contributed by atoms with van der Waals surface area (Å²) in [5.74, 6) is 1.11. The number of oxazole rings is 1. The van der Waals surface area contributed by atoms with Crippen molar-refractivity contribution in [1.82, 2.24) is 4.98 Å². The first-order chi connectivity index (χ1) is 7.69. The van der Waals surface area contributed by atoms with Crippen molar-refractivity contribution in [1.29, 1.82) is 0 Å². The van der Waals surface area contributed by atoms with Gasteiger partial charge in [-0.25, -0.2) is 4.98 Å². The van der Waals surface area contributed by atoms with Gasteiger partial charge in [-0.3, -0.25) is 4.79 Å². The Morgan fingerprint density at radius 1 is 1.56 bits per heavy atom. The van der Waals surface area contributed by atoms with E-state index in [0.29, 0.717) is 18.3 Å². The third-order valence-corrected chi connectivity index (χ3v) is 3.22. The molecule has 1 aliphatic carbocycles. The van der Waals surface area contributed by atoms with Gasteiger partial charge in [0.25, 0.3) is 0 Å². The number of hydrogen-bond donors (Lipinski definition) is 0. The normalized spacial score (nSPS) is 18.6. The van der Waals surface area contributed by atoms with E-state index in [1.165, 1.54) is 0 Å². The summed E-state index contributed by atoms with van der Waals surface area (Å²) in [5.41, 5.74) is -0.572. The Labute approximate surface area is 95.0 Å². The van der Waals surface area contributed by atoms with Crippen LogP contribution in [0, 0.1) is 6.92 Å². The zero-order chi connectivity index (χ0) is 11.6. The topological polar surface area (TPSA) is 52.3 Å². The Morgan fingerprint density at radius 2 is 2.25 bits per heavy atom. The maximum atomic E-state index is 12.1. The number of rotatable bonds is 3. The summed E-state index contributed by atoms with van der Waals surface area (Å²) in [6, 6.07) is 0. The van der Waals surface area contributed by atoms with Gasteiger partial charge < -0.3 is 9.15 Å². The molecule has 0 atom stereocenters. The van der Waals surface area contributed by atoms with Crippen LogP contribution in [-0.4, -0.2) is 17.6 Å². The van der Waals surface area contributed by atoms with Gasteiger partial charge in [0.1, 0.15) is 11.2 Å². The fourth-order valence-corrected chi connectivity index (χ4v) is 2.38. The molecular formula is C12H17NO3. The summed E-state index contributed by atoms with van der Waals surface area (Å²) in [6.45, 7) is 4.02. The lowest BCUT2D eigenvalue weighted by molar-refractivity contribution is -0.150. The number of aryl methyl sites for hydroxylation is 1. The van der Waals surface area contributed by atoms with Gasteiger partial charge in [0.2, 0.25) is 0 Å². The molecule has 16 heavy (non-hydrogen) atoms. The van der Waals surface area contributed by atoms with E-state index in [9.17, 15) is 4.79 Å². The Balaban J connectivity index is 2.32. The number of esters is 1. The van der Waals surface area contributed by atoms with Crippen molar-refractivity contribution in [3.8, 4) is 0 Å². The van der Waals surface area contributed by atoms with Gasteiger partial charge in [0.15, 0.2) is 5.89 Å². The molecule has 1 heterocycles. The molecule has 0 amide bonds. The highest BCUT2D eigenvalue weighted by atomic mass is 16.5. The van der Waals surface area contributed by atoms with E-state index >= 15 is 0 Å². The maximum absolute atomic E-state index is 12.1. The molecule has 1 aliphatic rings. The maximum Gasteiger partial charge on any atom is 0.319 e. The third kappa shape index (κ3) is 1.72. The lowest BCUT2D eigenvalue weighted by Gasteiger charge is -2.23. The molecule has 1 aromatic rings. The summed E-state index contributed by atoms with van der Waals surface area (Å²) in [7, 11) is 0. The minimum atomic E-state index is -0.572. The summed E-state index contributed by atoms with van der Waals surface area (Å²) in [6.07, 6.45) is 5.36. The number of ether oxygens (including phenoxy) is 1. The van der Waals surface area contributed by atoms with Gasteiger partial charge >= 0.3 is 5.97 Å². The van der Waals surface area contributed by atoms with E-state index in [2.05, 4.69) is 4.98 Å². The lowest BCUT2D eigenvalue weighted by atomic mass is 9.84. The van der Waals surface area contributed by atoms with Crippen molar-refractivity contribution >= 4 is 5.97 Å². The number of aromatic nitrogens is 1. The molecule has 0 aliphatic heterocycles. The second kappa shape index (κ2) is 4.28. The monoisotopic (exact) mass is 223 g/mol. The van der Waals surface area contributed by atoms with Crippen LogP contribution >= 0.6 is 0 Å². The van der Waals surface area contributed by atoms with E-state index in [4.69, 9.17) is 9.15 Å². The van der Waals surface area contributed by atoms with E-state index < -0.39 is 5.41 Å². The van der Waals surface area contributed by atoms with Crippen LogP contribution < -0.4 is 0 Å². The molecule has 88 valence electrons. The minimum absolute atomic E-state index is 0.163. The average molecular weight is 223 g/mol. The zero-order valence-electron chi connectivity index (χ0n) is 9.78. The molecule has 0 aromatic carbocycles. The first kappa shape index (κ1) is 11.2. The zero-order valence-corrected chi connectivity index (χ0v) is 9.78. The van der Waals surface area contributed by atoms with Crippen LogP contribution in [-0.2, 0) is 14.9 Å². The first-order valence-corrected chi connectivity index (χ1v) is 5.79. The molecule has 2 rings (SSSR count). The number of nitrogens with zero attached hydrogens (tertiary/aromatic N) is 1. The van der Waals surface area contributed by atoms with Gasteiger partial charge in [-0.1, -0.05) is 12.8 Å². The molecule has 4 heteroatoms. The van der Waals surface area contributed by atoms with Crippen molar-refractivity contribution in [3.05, 3.63) is 17.8 Å². The van der Waals surface area contributed by atoms with Crippen LogP contribution in [0.25, 0.3) is 0 Å². The highest BCUT2D eigenvalue weighted by Gasteiger charge is 2.47. The van der Waals surface area contributed by atoms with Gasteiger partial charge in [-0.15, -0.1) is 0 Å². The van der Waals surface area contributed by atoms with Crippen molar-refractivity contribution in [2.75, 3.05) is 6.61 Å². The Morgan fingerprint density at radius 3 is 2.75 bits per heavy atom. The number of hydrogen-bond acceptors (Lipinski definition) is 4. The molecule has 0 radical (unpaired) electrons. The van der Waals surface area contributed by atoms with Crippen LogP contribution in [0.5, 0.6) is 0 Å². The fraction of sp³-hybridized carbons (Fsp3) is 0.667. The SMILES string of the molecule is CCOC(=O)C1(c2cnc(C)o2)CCCC1. The molecule has 1 saturated carbocycles. The number of carbonyl (C=O) groups is 1. The highest BCUT2D eigenvalue weighted by molar-refractivity contribution is 5.82. The molecule has 0 bridgehead atoms.